The molecule has 138 valence electrons. The third-order valence-electron chi connectivity index (χ3n) is 5.64. The van der Waals surface area contributed by atoms with E-state index in [1.807, 2.05) is 63.2 Å². The van der Waals surface area contributed by atoms with Gasteiger partial charge in [0.1, 0.15) is 5.70 Å². The first-order chi connectivity index (χ1) is 13.0. The van der Waals surface area contributed by atoms with E-state index in [0.717, 1.165) is 48.2 Å². The van der Waals surface area contributed by atoms with Crippen LogP contribution in [0.15, 0.2) is 48.2 Å². The SMILES string of the molecule is Cc1ccc(C2=C(N3CCCC3)C(=O)N(c3cccc(C)c3C)C2=O)cc1. The molecule has 1 fully saturated rings. The number of rotatable bonds is 3. The quantitative estimate of drug-likeness (QED) is 0.777. The third-order valence-corrected chi connectivity index (χ3v) is 5.64. The largest absolute Gasteiger partial charge is 0.366 e. The van der Waals surface area contributed by atoms with Gasteiger partial charge in [0.15, 0.2) is 0 Å². The number of imide groups is 1. The van der Waals surface area contributed by atoms with Crippen LogP contribution in [0.3, 0.4) is 0 Å². The van der Waals surface area contributed by atoms with Gasteiger partial charge in [-0.1, -0.05) is 42.0 Å². The zero-order chi connectivity index (χ0) is 19.1. The van der Waals surface area contributed by atoms with E-state index in [1.165, 1.54) is 4.90 Å². The summed E-state index contributed by atoms with van der Waals surface area (Å²) < 4.78 is 0. The van der Waals surface area contributed by atoms with Crippen molar-refractivity contribution in [2.75, 3.05) is 18.0 Å². The predicted molar refractivity (Wildman–Crippen MR) is 107 cm³/mol. The van der Waals surface area contributed by atoms with Gasteiger partial charge in [-0.15, -0.1) is 0 Å². The number of carbonyl (C=O) groups is 2. The minimum atomic E-state index is -0.223. The van der Waals surface area contributed by atoms with E-state index in [4.69, 9.17) is 0 Å². The molecule has 4 nitrogen and oxygen atoms in total. The Labute approximate surface area is 160 Å². The highest BCUT2D eigenvalue weighted by Gasteiger charge is 2.43. The molecular formula is C23H24N2O2. The van der Waals surface area contributed by atoms with Gasteiger partial charge in [-0.3, -0.25) is 9.59 Å². The van der Waals surface area contributed by atoms with E-state index in [0.29, 0.717) is 17.0 Å². The molecule has 0 spiro atoms. The normalized spacial score (nSPS) is 17.4. The summed E-state index contributed by atoms with van der Waals surface area (Å²) in [7, 11) is 0. The predicted octanol–water partition coefficient (Wildman–Crippen LogP) is 3.99. The number of nitrogens with zero attached hydrogens (tertiary/aromatic N) is 2. The van der Waals surface area contributed by atoms with Crippen LogP contribution in [0, 0.1) is 20.8 Å². The van der Waals surface area contributed by atoms with E-state index in [1.54, 1.807) is 0 Å². The lowest BCUT2D eigenvalue weighted by Gasteiger charge is -2.21. The maximum atomic E-state index is 13.5. The first-order valence-corrected chi connectivity index (χ1v) is 9.50. The molecule has 0 atom stereocenters. The monoisotopic (exact) mass is 360 g/mol. The molecule has 27 heavy (non-hydrogen) atoms. The van der Waals surface area contributed by atoms with Gasteiger partial charge in [0.25, 0.3) is 11.8 Å². The molecule has 0 radical (unpaired) electrons. The van der Waals surface area contributed by atoms with Gasteiger partial charge in [0, 0.05) is 13.1 Å². The van der Waals surface area contributed by atoms with Crippen LogP contribution in [0.4, 0.5) is 5.69 Å². The van der Waals surface area contributed by atoms with Crippen LogP contribution in [-0.4, -0.2) is 29.8 Å². The molecule has 0 saturated carbocycles. The lowest BCUT2D eigenvalue weighted by Crippen LogP contribution is -2.35. The summed E-state index contributed by atoms with van der Waals surface area (Å²) in [6, 6.07) is 13.6. The Balaban J connectivity index is 1.86. The van der Waals surface area contributed by atoms with Gasteiger partial charge < -0.3 is 4.90 Å². The van der Waals surface area contributed by atoms with Crippen LogP contribution >= 0.6 is 0 Å². The first kappa shape index (κ1) is 17.5. The Hall–Kier alpha value is -2.88. The summed E-state index contributed by atoms with van der Waals surface area (Å²) in [4.78, 5) is 30.3. The Morgan fingerprint density at radius 3 is 2.15 bits per heavy atom. The highest BCUT2D eigenvalue weighted by atomic mass is 16.2. The van der Waals surface area contributed by atoms with Crippen molar-refractivity contribution in [1.82, 2.24) is 4.90 Å². The Morgan fingerprint density at radius 2 is 1.48 bits per heavy atom. The van der Waals surface area contributed by atoms with Gasteiger partial charge in [0.05, 0.1) is 11.3 Å². The summed E-state index contributed by atoms with van der Waals surface area (Å²) >= 11 is 0. The Morgan fingerprint density at radius 1 is 0.815 bits per heavy atom. The van der Waals surface area contributed by atoms with Gasteiger partial charge in [-0.05, 0) is 56.4 Å². The molecular weight excluding hydrogens is 336 g/mol. The summed E-state index contributed by atoms with van der Waals surface area (Å²) in [6.45, 7) is 7.63. The molecule has 0 aliphatic carbocycles. The van der Waals surface area contributed by atoms with Crippen molar-refractivity contribution < 1.29 is 9.59 Å². The van der Waals surface area contributed by atoms with Crippen molar-refractivity contribution in [3.05, 3.63) is 70.4 Å². The van der Waals surface area contributed by atoms with Crippen LogP contribution in [0.2, 0.25) is 0 Å². The molecule has 2 aliphatic rings. The van der Waals surface area contributed by atoms with Crippen LogP contribution in [-0.2, 0) is 9.59 Å². The van der Waals surface area contributed by atoms with Crippen LogP contribution in [0.25, 0.3) is 5.57 Å². The Kier molecular flexibility index (Phi) is 4.34. The number of benzene rings is 2. The maximum Gasteiger partial charge on any atom is 0.282 e. The van der Waals surface area contributed by atoms with Gasteiger partial charge in [-0.25, -0.2) is 4.90 Å². The molecule has 0 aromatic heterocycles. The second-order valence-corrected chi connectivity index (χ2v) is 7.45. The first-order valence-electron chi connectivity index (χ1n) is 9.50. The number of hydrogen-bond acceptors (Lipinski definition) is 3. The average molecular weight is 360 g/mol. The molecule has 4 rings (SSSR count). The lowest BCUT2D eigenvalue weighted by atomic mass is 10.0. The fourth-order valence-electron chi connectivity index (χ4n) is 3.93. The molecule has 0 bridgehead atoms. The number of carbonyl (C=O) groups excluding carboxylic acids is 2. The number of likely N-dealkylation sites (tertiary alicyclic amines) is 1. The average Bonchev–Trinajstić information content (AvgIpc) is 3.25. The van der Waals surface area contributed by atoms with Crippen LogP contribution in [0.1, 0.15) is 35.1 Å². The summed E-state index contributed by atoms with van der Waals surface area (Å²) in [6.07, 6.45) is 2.10. The van der Waals surface area contributed by atoms with Crippen LogP contribution < -0.4 is 4.90 Å². The zero-order valence-corrected chi connectivity index (χ0v) is 16.1. The van der Waals surface area contributed by atoms with Crippen molar-refractivity contribution in [2.24, 2.45) is 0 Å². The molecule has 2 amide bonds. The minimum Gasteiger partial charge on any atom is -0.366 e. The fourth-order valence-corrected chi connectivity index (χ4v) is 3.93. The third kappa shape index (κ3) is 2.85. The topological polar surface area (TPSA) is 40.6 Å². The van der Waals surface area contributed by atoms with Crippen LogP contribution in [0.5, 0.6) is 0 Å². The van der Waals surface area contributed by atoms with E-state index in [-0.39, 0.29) is 11.8 Å². The number of amides is 2. The smallest absolute Gasteiger partial charge is 0.282 e. The molecule has 2 aliphatic heterocycles. The lowest BCUT2D eigenvalue weighted by molar-refractivity contribution is -0.120. The number of aryl methyl sites for hydroxylation is 2. The highest BCUT2D eigenvalue weighted by Crippen LogP contribution is 2.37. The summed E-state index contributed by atoms with van der Waals surface area (Å²) in [5.74, 6) is -0.425. The van der Waals surface area contributed by atoms with E-state index in [9.17, 15) is 9.59 Å². The molecule has 1 saturated heterocycles. The van der Waals surface area contributed by atoms with Gasteiger partial charge >= 0.3 is 0 Å². The van der Waals surface area contributed by atoms with Gasteiger partial charge in [-0.2, -0.15) is 0 Å². The Bertz CT molecular complexity index is 951. The number of anilines is 1. The fraction of sp³-hybridized carbons (Fsp3) is 0.304. The van der Waals surface area contributed by atoms with E-state index < -0.39 is 0 Å². The minimum absolute atomic E-state index is 0.203. The molecule has 0 N–H and O–H groups in total. The van der Waals surface area contributed by atoms with Crippen molar-refractivity contribution in [2.45, 2.75) is 33.6 Å². The van der Waals surface area contributed by atoms with Gasteiger partial charge in [0.2, 0.25) is 0 Å². The highest BCUT2D eigenvalue weighted by molar-refractivity contribution is 6.45. The molecule has 2 aromatic carbocycles. The van der Waals surface area contributed by atoms with E-state index in [2.05, 4.69) is 4.90 Å². The molecule has 0 unspecified atom stereocenters. The second kappa shape index (κ2) is 6.69. The van der Waals surface area contributed by atoms with Crippen molar-refractivity contribution >= 4 is 23.1 Å². The second-order valence-electron chi connectivity index (χ2n) is 7.45. The summed E-state index contributed by atoms with van der Waals surface area (Å²) in [5, 5.41) is 0. The van der Waals surface area contributed by atoms with Crippen molar-refractivity contribution in [1.29, 1.82) is 0 Å². The zero-order valence-electron chi connectivity index (χ0n) is 16.1. The number of hydrogen-bond donors (Lipinski definition) is 0. The molecule has 2 heterocycles. The standard InChI is InChI=1S/C23H24N2O2/c1-15-9-11-18(12-10-15)20-21(24-13-4-5-14-24)23(27)25(22(20)26)19-8-6-7-16(2)17(19)3/h6-12H,4-5,13-14H2,1-3H3. The van der Waals surface area contributed by atoms with Crippen molar-refractivity contribution in [3.8, 4) is 0 Å². The van der Waals surface area contributed by atoms with E-state index >= 15 is 0 Å². The maximum absolute atomic E-state index is 13.5. The summed E-state index contributed by atoms with van der Waals surface area (Å²) in [5.41, 5.74) is 5.75. The van der Waals surface area contributed by atoms with Crippen molar-refractivity contribution in [3.63, 3.8) is 0 Å². The molecule has 2 aromatic rings. The molecule has 4 heteroatoms.